The molecular formula is C26H27F3N4O5. The predicted molar refractivity (Wildman–Crippen MR) is 131 cm³/mol. The summed E-state index contributed by atoms with van der Waals surface area (Å²) in [7, 11) is 0. The first-order valence-corrected chi connectivity index (χ1v) is 11.8. The Bertz CT molecular complexity index is 1270. The number of hydrogen-bond acceptors (Lipinski definition) is 6. The third-order valence-electron chi connectivity index (χ3n) is 5.44. The molecule has 1 aliphatic rings. The van der Waals surface area contributed by atoms with Gasteiger partial charge in [0.05, 0.1) is 30.6 Å². The number of hydrogen-bond donors (Lipinski definition) is 1. The Morgan fingerprint density at radius 1 is 1.05 bits per heavy atom. The maximum Gasteiger partial charge on any atom is 0.573 e. The highest BCUT2D eigenvalue weighted by Gasteiger charge is 2.31. The second-order valence-corrected chi connectivity index (χ2v) is 9.58. The molecular weight excluding hydrogens is 505 g/mol. The van der Waals surface area contributed by atoms with Crippen LogP contribution in [0.3, 0.4) is 0 Å². The fourth-order valence-corrected chi connectivity index (χ4v) is 3.71. The Morgan fingerprint density at radius 3 is 2.37 bits per heavy atom. The molecule has 0 bridgehead atoms. The van der Waals surface area contributed by atoms with Crippen molar-refractivity contribution in [2.75, 3.05) is 25.0 Å². The zero-order chi connectivity index (χ0) is 27.5. The van der Waals surface area contributed by atoms with E-state index in [0.717, 1.165) is 17.7 Å². The number of benzene rings is 2. The molecule has 0 spiro atoms. The first kappa shape index (κ1) is 27.0. The second kappa shape index (κ2) is 10.7. The predicted octanol–water partition coefficient (Wildman–Crippen LogP) is 5.33. The molecule has 1 saturated heterocycles. The highest BCUT2D eigenvalue weighted by Crippen LogP contribution is 2.26. The van der Waals surface area contributed by atoms with Gasteiger partial charge in [-0.05, 0) is 62.7 Å². The van der Waals surface area contributed by atoms with Gasteiger partial charge < -0.3 is 24.4 Å². The molecule has 12 heteroatoms. The number of anilines is 1. The first-order chi connectivity index (χ1) is 17.9. The lowest BCUT2D eigenvalue weighted by molar-refractivity contribution is -0.274. The first-order valence-electron chi connectivity index (χ1n) is 11.8. The molecule has 2 heterocycles. The van der Waals surface area contributed by atoms with Crippen molar-refractivity contribution in [3.63, 3.8) is 0 Å². The van der Waals surface area contributed by atoms with E-state index in [0.29, 0.717) is 31.1 Å². The summed E-state index contributed by atoms with van der Waals surface area (Å²) >= 11 is 0. The summed E-state index contributed by atoms with van der Waals surface area (Å²) in [4.78, 5) is 26.7. The SMILES string of the molecule is CC(C)(C)OC(=O)N1CCOC(c2ccc(NC(=O)c3cnn(-c4ccc(OC(F)(F)F)cc4)c3)cc2)C1. The topological polar surface area (TPSA) is 94.9 Å². The summed E-state index contributed by atoms with van der Waals surface area (Å²) in [5.41, 5.74) is 1.52. The van der Waals surface area contributed by atoms with Crippen LogP contribution in [0.5, 0.6) is 5.75 Å². The highest BCUT2D eigenvalue weighted by atomic mass is 19.4. The molecule has 0 aliphatic carbocycles. The molecule has 1 atom stereocenters. The Labute approximate surface area is 217 Å². The number of amides is 2. The lowest BCUT2D eigenvalue weighted by atomic mass is 10.1. The largest absolute Gasteiger partial charge is 0.573 e. The number of carbonyl (C=O) groups is 2. The number of halogens is 3. The quantitative estimate of drug-likeness (QED) is 0.477. The molecule has 1 aliphatic heterocycles. The van der Waals surface area contributed by atoms with E-state index in [1.165, 1.54) is 29.2 Å². The summed E-state index contributed by atoms with van der Waals surface area (Å²) in [6, 6.07) is 12.2. The van der Waals surface area contributed by atoms with Crippen molar-refractivity contribution in [3.8, 4) is 11.4 Å². The van der Waals surface area contributed by atoms with Crippen molar-refractivity contribution in [1.29, 1.82) is 0 Å². The minimum atomic E-state index is -4.78. The Balaban J connectivity index is 1.35. The number of nitrogens with one attached hydrogen (secondary N) is 1. The zero-order valence-corrected chi connectivity index (χ0v) is 21.0. The molecule has 1 unspecified atom stereocenters. The summed E-state index contributed by atoms with van der Waals surface area (Å²) in [6.45, 7) is 6.62. The van der Waals surface area contributed by atoms with Crippen molar-refractivity contribution in [1.82, 2.24) is 14.7 Å². The van der Waals surface area contributed by atoms with Crippen LogP contribution in [-0.4, -0.2) is 58.3 Å². The van der Waals surface area contributed by atoms with Crippen molar-refractivity contribution in [3.05, 3.63) is 72.1 Å². The van der Waals surface area contributed by atoms with E-state index in [4.69, 9.17) is 9.47 Å². The molecule has 4 rings (SSSR count). The van der Waals surface area contributed by atoms with Crippen LogP contribution in [0.2, 0.25) is 0 Å². The van der Waals surface area contributed by atoms with Crippen LogP contribution in [0.15, 0.2) is 60.9 Å². The molecule has 38 heavy (non-hydrogen) atoms. The molecule has 0 radical (unpaired) electrons. The van der Waals surface area contributed by atoms with E-state index in [-0.39, 0.29) is 23.5 Å². The van der Waals surface area contributed by atoms with Crippen molar-refractivity contribution < 1.29 is 37.0 Å². The smallest absolute Gasteiger partial charge is 0.444 e. The lowest BCUT2D eigenvalue weighted by Crippen LogP contribution is -2.44. The Morgan fingerprint density at radius 2 is 1.74 bits per heavy atom. The zero-order valence-electron chi connectivity index (χ0n) is 21.0. The molecule has 2 aromatic carbocycles. The maximum absolute atomic E-state index is 12.7. The van der Waals surface area contributed by atoms with Gasteiger partial charge in [0.2, 0.25) is 0 Å². The third-order valence-corrected chi connectivity index (χ3v) is 5.44. The van der Waals surface area contributed by atoms with Gasteiger partial charge in [0, 0.05) is 18.4 Å². The van der Waals surface area contributed by atoms with Crippen LogP contribution >= 0.6 is 0 Å². The Kier molecular flexibility index (Phi) is 7.63. The van der Waals surface area contributed by atoms with Crippen LogP contribution in [0.25, 0.3) is 5.69 Å². The number of carbonyl (C=O) groups excluding carboxylic acids is 2. The Hall–Kier alpha value is -4.06. The highest BCUT2D eigenvalue weighted by molar-refractivity contribution is 6.04. The number of alkyl halides is 3. The molecule has 3 aromatic rings. The average Bonchev–Trinajstić information content (AvgIpc) is 3.34. The van der Waals surface area contributed by atoms with Crippen LogP contribution in [-0.2, 0) is 9.47 Å². The van der Waals surface area contributed by atoms with Gasteiger partial charge in [0.25, 0.3) is 5.91 Å². The van der Waals surface area contributed by atoms with Gasteiger partial charge in [-0.1, -0.05) is 12.1 Å². The molecule has 0 saturated carbocycles. The normalized spacial score (nSPS) is 16.2. The molecule has 202 valence electrons. The summed E-state index contributed by atoms with van der Waals surface area (Å²) in [6.07, 6.45) is -2.68. The number of morpholine rings is 1. The minimum Gasteiger partial charge on any atom is -0.444 e. The van der Waals surface area contributed by atoms with Crippen LogP contribution < -0.4 is 10.1 Å². The van der Waals surface area contributed by atoms with Gasteiger partial charge in [0.1, 0.15) is 17.5 Å². The van der Waals surface area contributed by atoms with Gasteiger partial charge in [-0.15, -0.1) is 13.2 Å². The van der Waals surface area contributed by atoms with E-state index in [1.807, 2.05) is 32.9 Å². The molecule has 2 amide bonds. The van der Waals surface area contributed by atoms with Crippen LogP contribution in [0, 0.1) is 0 Å². The molecule has 9 nitrogen and oxygen atoms in total. The van der Waals surface area contributed by atoms with Gasteiger partial charge in [-0.25, -0.2) is 9.48 Å². The minimum absolute atomic E-state index is 0.258. The van der Waals surface area contributed by atoms with Crippen LogP contribution in [0.4, 0.5) is 23.7 Å². The second-order valence-electron chi connectivity index (χ2n) is 9.58. The van der Waals surface area contributed by atoms with Crippen molar-refractivity contribution >= 4 is 17.7 Å². The van der Waals surface area contributed by atoms with Gasteiger partial charge in [0.15, 0.2) is 0 Å². The van der Waals surface area contributed by atoms with Crippen LogP contribution in [0.1, 0.15) is 42.8 Å². The summed E-state index contributed by atoms with van der Waals surface area (Å²) < 4.78 is 53.5. The average molecular weight is 533 g/mol. The van der Waals surface area contributed by atoms with E-state index < -0.39 is 17.9 Å². The summed E-state index contributed by atoms with van der Waals surface area (Å²) in [5.74, 6) is -0.767. The number of ether oxygens (including phenoxy) is 3. The van der Waals surface area contributed by atoms with Gasteiger partial charge in [-0.3, -0.25) is 4.79 Å². The van der Waals surface area contributed by atoms with E-state index in [2.05, 4.69) is 15.2 Å². The maximum atomic E-state index is 12.7. The molecule has 1 N–H and O–H groups in total. The number of rotatable bonds is 5. The monoisotopic (exact) mass is 532 g/mol. The summed E-state index contributed by atoms with van der Waals surface area (Å²) in [5, 5.41) is 6.88. The van der Waals surface area contributed by atoms with Crippen molar-refractivity contribution in [2.45, 2.75) is 38.8 Å². The van der Waals surface area contributed by atoms with E-state index in [9.17, 15) is 22.8 Å². The third kappa shape index (κ3) is 7.25. The number of aromatic nitrogens is 2. The fourth-order valence-electron chi connectivity index (χ4n) is 3.71. The van der Waals surface area contributed by atoms with Gasteiger partial charge >= 0.3 is 12.5 Å². The molecule has 1 fully saturated rings. The van der Waals surface area contributed by atoms with E-state index in [1.54, 1.807) is 17.0 Å². The molecule has 1 aromatic heterocycles. The fraction of sp³-hybridized carbons (Fsp3) is 0.346. The van der Waals surface area contributed by atoms with Crippen molar-refractivity contribution in [2.24, 2.45) is 0 Å². The standard InChI is InChI=1S/C26H27F3N4O5/c1-25(2,3)38-24(35)32-12-13-36-22(16-32)17-4-6-19(7-5-17)31-23(34)18-14-30-33(15-18)20-8-10-21(11-9-20)37-26(27,28)29/h4-11,14-15,22H,12-13,16H2,1-3H3,(H,31,34). The van der Waals surface area contributed by atoms with E-state index >= 15 is 0 Å². The number of nitrogens with zero attached hydrogens (tertiary/aromatic N) is 3. The van der Waals surface area contributed by atoms with Gasteiger partial charge in [-0.2, -0.15) is 5.10 Å². The lowest BCUT2D eigenvalue weighted by Gasteiger charge is -2.34.